The van der Waals surface area contributed by atoms with E-state index in [1.54, 1.807) is 6.92 Å². The van der Waals surface area contributed by atoms with Crippen molar-refractivity contribution in [2.24, 2.45) is 5.92 Å². The number of anilines is 1. The van der Waals surface area contributed by atoms with Gasteiger partial charge in [0.25, 0.3) is 0 Å². The third kappa shape index (κ3) is 5.14. The van der Waals surface area contributed by atoms with Crippen LogP contribution in [0.1, 0.15) is 47.5 Å². The van der Waals surface area contributed by atoms with Gasteiger partial charge in [-0.15, -0.1) is 5.10 Å². The number of amides is 1. The third-order valence-electron chi connectivity index (χ3n) is 4.92. The number of benzene rings is 1. The minimum absolute atomic E-state index is 0.0470. The topological polar surface area (TPSA) is 136 Å². The van der Waals surface area contributed by atoms with E-state index in [0.717, 1.165) is 11.5 Å². The summed E-state index contributed by atoms with van der Waals surface area (Å²) in [6.45, 7) is 3.61. The zero-order chi connectivity index (χ0) is 22.6. The van der Waals surface area contributed by atoms with Crippen molar-refractivity contribution >= 4 is 44.2 Å². The number of esters is 1. The van der Waals surface area contributed by atoms with E-state index in [9.17, 15) is 22.8 Å². The van der Waals surface area contributed by atoms with Gasteiger partial charge in [0.1, 0.15) is 0 Å². The number of Topliss-reactive ketones (excluding diaryl/α,β-unsaturated/α-hetero) is 1. The predicted molar refractivity (Wildman–Crippen MR) is 112 cm³/mol. The Morgan fingerprint density at radius 3 is 2.42 bits per heavy atom. The highest BCUT2D eigenvalue weighted by molar-refractivity contribution is 7.89. The zero-order valence-electron chi connectivity index (χ0n) is 17.0. The third-order valence-corrected chi connectivity index (χ3v) is 7.47. The molecule has 10 nitrogen and oxygen atoms in total. The maximum atomic E-state index is 12.9. The lowest BCUT2D eigenvalue weighted by Crippen LogP contribution is -2.41. The number of rotatable bonds is 7. The van der Waals surface area contributed by atoms with Crippen LogP contribution in [0.2, 0.25) is 0 Å². The lowest BCUT2D eigenvalue weighted by atomic mass is 9.97. The van der Waals surface area contributed by atoms with Crippen LogP contribution in [-0.2, 0) is 19.6 Å². The number of hydrogen-bond acceptors (Lipinski definition) is 9. The van der Waals surface area contributed by atoms with Gasteiger partial charge in [-0.1, -0.05) is 16.6 Å². The molecule has 1 aromatic carbocycles. The Bertz CT molecular complexity index is 1070. The number of sulfonamides is 1. The van der Waals surface area contributed by atoms with Gasteiger partial charge in [-0.3, -0.25) is 9.59 Å². The number of carbonyl (C=O) groups is 3. The van der Waals surface area contributed by atoms with Crippen LogP contribution >= 0.6 is 11.5 Å². The number of nitrogens with zero attached hydrogens (tertiary/aromatic N) is 3. The first-order valence-electron chi connectivity index (χ1n) is 9.65. The van der Waals surface area contributed by atoms with Crippen LogP contribution in [0.4, 0.5) is 5.00 Å². The van der Waals surface area contributed by atoms with Gasteiger partial charge in [-0.25, -0.2) is 13.2 Å². The first-order chi connectivity index (χ1) is 14.7. The fourth-order valence-corrected chi connectivity index (χ4v) is 5.22. The van der Waals surface area contributed by atoms with Crippen molar-refractivity contribution in [3.63, 3.8) is 0 Å². The van der Waals surface area contributed by atoms with Gasteiger partial charge in [-0.05, 0) is 38.8 Å². The quantitative estimate of drug-likeness (QED) is 0.483. The molecule has 1 saturated heterocycles. The zero-order valence-corrected chi connectivity index (χ0v) is 18.7. The van der Waals surface area contributed by atoms with E-state index in [1.807, 2.05) is 0 Å². The van der Waals surface area contributed by atoms with E-state index in [2.05, 4.69) is 14.9 Å². The van der Waals surface area contributed by atoms with Crippen LogP contribution < -0.4 is 5.32 Å². The summed E-state index contributed by atoms with van der Waals surface area (Å²) in [7, 11) is -3.72. The second-order valence-corrected chi connectivity index (χ2v) is 9.61. The molecule has 0 atom stereocenters. The fourth-order valence-electron chi connectivity index (χ4n) is 3.19. The van der Waals surface area contributed by atoms with Crippen molar-refractivity contribution in [2.75, 3.05) is 25.0 Å². The number of nitrogens with one attached hydrogen (secondary N) is 1. The Kier molecular flexibility index (Phi) is 7.13. The largest absolute Gasteiger partial charge is 0.461 e. The van der Waals surface area contributed by atoms with E-state index in [4.69, 9.17) is 4.74 Å². The van der Waals surface area contributed by atoms with Gasteiger partial charge in [0.05, 0.1) is 11.5 Å². The van der Waals surface area contributed by atoms with Crippen LogP contribution in [0.3, 0.4) is 0 Å². The number of ketones is 1. The monoisotopic (exact) mass is 466 g/mol. The molecule has 12 heteroatoms. The van der Waals surface area contributed by atoms with Crippen LogP contribution in [-0.4, -0.2) is 59.7 Å². The highest BCUT2D eigenvalue weighted by Gasteiger charge is 2.33. The average Bonchev–Trinajstić information content (AvgIpc) is 3.22. The van der Waals surface area contributed by atoms with Crippen LogP contribution in [0.15, 0.2) is 29.2 Å². The summed E-state index contributed by atoms with van der Waals surface area (Å²) < 4.78 is 35.6. The molecule has 1 aliphatic rings. The van der Waals surface area contributed by atoms with Crippen molar-refractivity contribution in [3.05, 3.63) is 35.5 Å². The second kappa shape index (κ2) is 9.62. The normalized spacial score (nSPS) is 15.4. The van der Waals surface area contributed by atoms with E-state index >= 15 is 0 Å². The van der Waals surface area contributed by atoms with Gasteiger partial charge in [0.2, 0.25) is 21.6 Å². The summed E-state index contributed by atoms with van der Waals surface area (Å²) >= 11 is 0.877. The van der Waals surface area contributed by atoms with Gasteiger partial charge < -0.3 is 10.1 Å². The molecule has 0 spiro atoms. The minimum Gasteiger partial charge on any atom is -0.461 e. The van der Waals surface area contributed by atoms with E-state index in [1.165, 1.54) is 35.5 Å². The maximum Gasteiger partial charge on any atom is 0.362 e. The Balaban J connectivity index is 1.61. The van der Waals surface area contributed by atoms with Gasteiger partial charge in [-0.2, -0.15) is 4.31 Å². The molecule has 0 radical (unpaired) electrons. The van der Waals surface area contributed by atoms with E-state index < -0.39 is 21.9 Å². The van der Waals surface area contributed by atoms with Crippen LogP contribution in [0, 0.1) is 5.92 Å². The van der Waals surface area contributed by atoms with Crippen molar-refractivity contribution in [3.8, 4) is 0 Å². The second-order valence-electron chi connectivity index (χ2n) is 6.92. The highest BCUT2D eigenvalue weighted by Crippen LogP contribution is 2.26. The van der Waals surface area contributed by atoms with Crippen molar-refractivity contribution < 1.29 is 27.5 Å². The molecular formula is C19H22N4O6S2. The maximum absolute atomic E-state index is 12.9. The smallest absolute Gasteiger partial charge is 0.362 e. The van der Waals surface area contributed by atoms with Crippen molar-refractivity contribution in [1.29, 1.82) is 0 Å². The molecule has 0 bridgehead atoms. The van der Waals surface area contributed by atoms with E-state index in [0.29, 0.717) is 18.4 Å². The summed E-state index contributed by atoms with van der Waals surface area (Å²) in [4.78, 5) is 36.0. The number of aromatic nitrogens is 2. The lowest BCUT2D eigenvalue weighted by Gasteiger charge is -2.30. The number of piperidine rings is 1. The predicted octanol–water partition coefficient (Wildman–Crippen LogP) is 1.96. The summed E-state index contributed by atoms with van der Waals surface area (Å²) in [5.74, 6) is -1.54. The molecule has 1 aliphatic heterocycles. The van der Waals surface area contributed by atoms with Crippen molar-refractivity contribution in [1.82, 2.24) is 13.9 Å². The molecule has 0 saturated carbocycles. The summed E-state index contributed by atoms with van der Waals surface area (Å²) in [5.41, 5.74) is 0.392. The lowest BCUT2D eigenvalue weighted by molar-refractivity contribution is -0.120. The molecule has 3 rings (SSSR count). The molecule has 166 valence electrons. The summed E-state index contributed by atoms with van der Waals surface area (Å²) in [6.07, 6.45) is 0.662. The SMILES string of the molecule is CCOC(=O)c1nnsc1NC(=O)C1CCN(S(=O)(=O)c2ccc(C(C)=O)cc2)CC1. The molecule has 1 fully saturated rings. The van der Waals surface area contributed by atoms with E-state index in [-0.39, 0.29) is 47.0 Å². The molecule has 2 aromatic rings. The molecule has 31 heavy (non-hydrogen) atoms. The average molecular weight is 467 g/mol. The van der Waals surface area contributed by atoms with Gasteiger partial charge in [0, 0.05) is 36.1 Å². The summed E-state index contributed by atoms with van der Waals surface area (Å²) in [6, 6.07) is 5.80. The number of hydrogen-bond donors (Lipinski definition) is 1. The molecular weight excluding hydrogens is 444 g/mol. The Morgan fingerprint density at radius 2 is 1.84 bits per heavy atom. The molecule has 0 unspecified atom stereocenters. The molecule has 1 N–H and O–H groups in total. The molecule has 0 aliphatic carbocycles. The molecule has 1 aromatic heterocycles. The number of carbonyl (C=O) groups excluding carboxylic acids is 3. The van der Waals surface area contributed by atoms with Gasteiger partial charge in [0.15, 0.2) is 10.8 Å². The minimum atomic E-state index is -3.72. The molecule has 2 heterocycles. The Labute approximate surface area is 183 Å². The first kappa shape index (κ1) is 23.0. The van der Waals surface area contributed by atoms with Crippen LogP contribution in [0.5, 0.6) is 0 Å². The molecule has 1 amide bonds. The highest BCUT2D eigenvalue weighted by atomic mass is 32.2. The standard InChI is InChI=1S/C19H22N4O6S2/c1-3-29-19(26)16-18(30-22-21-16)20-17(25)14-8-10-23(11-9-14)31(27,28)15-6-4-13(5-7-15)12(2)24/h4-7,14H,3,8-11H2,1-2H3,(H,20,25). The van der Waals surface area contributed by atoms with Crippen molar-refractivity contribution in [2.45, 2.75) is 31.6 Å². The summed E-state index contributed by atoms with van der Waals surface area (Å²) in [5, 5.41) is 6.57. The van der Waals surface area contributed by atoms with Crippen LogP contribution in [0.25, 0.3) is 0 Å². The number of ether oxygens (including phenoxy) is 1. The Hall–Kier alpha value is -2.70. The fraction of sp³-hybridized carbons (Fsp3) is 0.421. The first-order valence-corrected chi connectivity index (χ1v) is 11.9. The Morgan fingerprint density at radius 1 is 1.19 bits per heavy atom. The van der Waals surface area contributed by atoms with Gasteiger partial charge >= 0.3 is 5.97 Å².